The van der Waals surface area contributed by atoms with Crippen LogP contribution in [-0.2, 0) is 4.74 Å². The second-order valence-corrected chi connectivity index (χ2v) is 5.91. The topological polar surface area (TPSA) is 45.0 Å². The molecular formula is C15H30N2O. The molecule has 0 aromatic heterocycles. The molecule has 0 fully saturated rings. The first-order valence-electron chi connectivity index (χ1n) is 7.13. The molecule has 1 atom stereocenters. The maximum absolute atomic E-state index is 9.38. The van der Waals surface area contributed by atoms with E-state index in [9.17, 15) is 5.26 Å². The largest absolute Gasteiger partial charge is 0.376 e. The molecule has 0 saturated heterocycles. The van der Waals surface area contributed by atoms with E-state index < -0.39 is 5.54 Å². The average molecular weight is 254 g/mol. The van der Waals surface area contributed by atoms with Crippen molar-refractivity contribution in [3.63, 3.8) is 0 Å². The van der Waals surface area contributed by atoms with Crippen LogP contribution in [0.4, 0.5) is 0 Å². The molecule has 3 heteroatoms. The Bertz CT molecular complexity index is 268. The lowest BCUT2D eigenvalue weighted by molar-refractivity contribution is -0.0231. The van der Waals surface area contributed by atoms with Gasteiger partial charge in [0.1, 0.15) is 5.54 Å². The van der Waals surface area contributed by atoms with Crippen LogP contribution in [0.3, 0.4) is 0 Å². The van der Waals surface area contributed by atoms with Crippen molar-refractivity contribution < 1.29 is 4.74 Å². The third kappa shape index (κ3) is 6.37. The first kappa shape index (κ1) is 17.4. The van der Waals surface area contributed by atoms with E-state index in [1.165, 1.54) is 0 Å². The van der Waals surface area contributed by atoms with Gasteiger partial charge in [0.05, 0.1) is 11.7 Å². The number of ether oxygens (including phenoxy) is 1. The van der Waals surface area contributed by atoms with Gasteiger partial charge in [-0.25, -0.2) is 0 Å². The van der Waals surface area contributed by atoms with E-state index in [0.717, 1.165) is 32.3 Å². The van der Waals surface area contributed by atoms with Crippen LogP contribution in [0.25, 0.3) is 0 Å². The summed E-state index contributed by atoms with van der Waals surface area (Å²) in [6.07, 6.45) is 3.61. The van der Waals surface area contributed by atoms with Crippen LogP contribution in [0.15, 0.2) is 0 Å². The molecule has 0 saturated carbocycles. The molecule has 3 nitrogen and oxygen atoms in total. The van der Waals surface area contributed by atoms with Gasteiger partial charge in [-0.1, -0.05) is 13.8 Å². The molecule has 0 radical (unpaired) electrons. The third-order valence-corrected chi connectivity index (χ3v) is 3.47. The van der Waals surface area contributed by atoms with E-state index in [0.29, 0.717) is 6.04 Å². The highest BCUT2D eigenvalue weighted by molar-refractivity contribution is 5.06. The lowest BCUT2D eigenvalue weighted by Gasteiger charge is -2.30. The second-order valence-electron chi connectivity index (χ2n) is 5.91. The molecule has 0 spiro atoms. The van der Waals surface area contributed by atoms with Crippen molar-refractivity contribution in [2.45, 2.75) is 84.4 Å². The van der Waals surface area contributed by atoms with Gasteiger partial charge in [0, 0.05) is 12.6 Å². The molecule has 0 aromatic carbocycles. The van der Waals surface area contributed by atoms with Gasteiger partial charge >= 0.3 is 0 Å². The predicted molar refractivity (Wildman–Crippen MR) is 76.5 cm³/mol. The van der Waals surface area contributed by atoms with Gasteiger partial charge in [0.25, 0.3) is 0 Å². The number of nitrogens with zero attached hydrogens (tertiary/aromatic N) is 1. The average Bonchev–Trinajstić information content (AvgIpc) is 2.32. The van der Waals surface area contributed by atoms with Crippen molar-refractivity contribution in [3.05, 3.63) is 0 Å². The fourth-order valence-electron chi connectivity index (χ4n) is 1.90. The summed E-state index contributed by atoms with van der Waals surface area (Å²) >= 11 is 0. The summed E-state index contributed by atoms with van der Waals surface area (Å²) in [5.41, 5.74) is -0.444. The van der Waals surface area contributed by atoms with E-state index in [4.69, 9.17) is 4.74 Å². The van der Waals surface area contributed by atoms with Crippen molar-refractivity contribution in [2.75, 3.05) is 6.61 Å². The summed E-state index contributed by atoms with van der Waals surface area (Å²) in [5, 5.41) is 12.8. The smallest absolute Gasteiger partial charge is 0.106 e. The van der Waals surface area contributed by atoms with Crippen LogP contribution < -0.4 is 5.32 Å². The monoisotopic (exact) mass is 254 g/mol. The van der Waals surface area contributed by atoms with Crippen LogP contribution in [0.5, 0.6) is 0 Å². The Morgan fingerprint density at radius 2 is 1.83 bits per heavy atom. The Morgan fingerprint density at radius 3 is 2.22 bits per heavy atom. The zero-order valence-electron chi connectivity index (χ0n) is 13.0. The van der Waals surface area contributed by atoms with Crippen LogP contribution in [0, 0.1) is 11.3 Å². The maximum atomic E-state index is 9.38. The molecule has 0 bridgehead atoms. The number of nitrogens with one attached hydrogen (secondary N) is 1. The van der Waals surface area contributed by atoms with Gasteiger partial charge in [-0.2, -0.15) is 5.26 Å². The first-order valence-corrected chi connectivity index (χ1v) is 7.13. The van der Waals surface area contributed by atoms with Gasteiger partial charge in [-0.15, -0.1) is 0 Å². The quantitative estimate of drug-likeness (QED) is 0.639. The van der Waals surface area contributed by atoms with Gasteiger partial charge < -0.3 is 4.74 Å². The van der Waals surface area contributed by atoms with Crippen molar-refractivity contribution >= 4 is 0 Å². The van der Waals surface area contributed by atoms with Gasteiger partial charge in [-0.3, -0.25) is 5.32 Å². The predicted octanol–water partition coefficient (Wildman–Crippen LogP) is 3.64. The Balaban J connectivity index is 4.18. The molecule has 0 heterocycles. The van der Waals surface area contributed by atoms with Gasteiger partial charge in [0.15, 0.2) is 0 Å². The van der Waals surface area contributed by atoms with Crippen LogP contribution in [0.1, 0.15) is 67.2 Å². The zero-order chi connectivity index (χ0) is 14.2. The normalized spacial score (nSPS) is 15.4. The van der Waals surface area contributed by atoms with E-state index in [2.05, 4.69) is 52.9 Å². The van der Waals surface area contributed by atoms with Crippen molar-refractivity contribution in [3.8, 4) is 6.07 Å². The van der Waals surface area contributed by atoms with Gasteiger partial charge in [-0.05, 0) is 53.4 Å². The lowest BCUT2D eigenvalue weighted by Crippen LogP contribution is -2.47. The van der Waals surface area contributed by atoms with Crippen molar-refractivity contribution in [2.24, 2.45) is 0 Å². The summed E-state index contributed by atoms with van der Waals surface area (Å²) in [7, 11) is 0. The molecule has 0 aliphatic heterocycles. The van der Waals surface area contributed by atoms with E-state index in [1.807, 2.05) is 0 Å². The number of nitriles is 1. The van der Waals surface area contributed by atoms with E-state index in [-0.39, 0.29) is 5.60 Å². The SMILES string of the molecule is CCC(C#N)(CCCOC(C)(C)CC)NC(C)C. The second kappa shape index (κ2) is 7.76. The fourth-order valence-corrected chi connectivity index (χ4v) is 1.90. The third-order valence-electron chi connectivity index (χ3n) is 3.47. The molecule has 0 aliphatic rings. The Kier molecular flexibility index (Phi) is 7.51. The Morgan fingerprint density at radius 1 is 1.22 bits per heavy atom. The fraction of sp³-hybridized carbons (Fsp3) is 0.933. The summed E-state index contributed by atoms with van der Waals surface area (Å²) in [6, 6.07) is 2.77. The molecule has 0 rings (SSSR count). The number of rotatable bonds is 9. The van der Waals surface area contributed by atoms with Crippen LogP contribution >= 0.6 is 0 Å². The van der Waals surface area contributed by atoms with Crippen LogP contribution in [0.2, 0.25) is 0 Å². The maximum Gasteiger partial charge on any atom is 0.106 e. The minimum Gasteiger partial charge on any atom is -0.376 e. The molecule has 1 N–H and O–H groups in total. The highest BCUT2D eigenvalue weighted by Crippen LogP contribution is 2.19. The number of hydrogen-bond donors (Lipinski definition) is 1. The van der Waals surface area contributed by atoms with Crippen molar-refractivity contribution in [1.29, 1.82) is 5.26 Å². The minimum absolute atomic E-state index is 0.0486. The minimum atomic E-state index is -0.395. The first-order chi connectivity index (χ1) is 8.31. The molecule has 18 heavy (non-hydrogen) atoms. The van der Waals surface area contributed by atoms with Crippen molar-refractivity contribution in [1.82, 2.24) is 5.32 Å². The molecule has 106 valence electrons. The summed E-state index contributed by atoms with van der Waals surface area (Å²) in [5.74, 6) is 0. The zero-order valence-corrected chi connectivity index (χ0v) is 13.0. The molecule has 0 aliphatic carbocycles. The lowest BCUT2D eigenvalue weighted by atomic mass is 9.91. The summed E-state index contributed by atoms with van der Waals surface area (Å²) in [6.45, 7) is 13.3. The highest BCUT2D eigenvalue weighted by atomic mass is 16.5. The standard InChI is InChI=1S/C15H30N2O/c1-7-14(5,6)18-11-9-10-15(8-2,12-16)17-13(3)4/h13,17H,7-11H2,1-6H3. The van der Waals surface area contributed by atoms with E-state index >= 15 is 0 Å². The molecule has 1 unspecified atom stereocenters. The molecular weight excluding hydrogens is 224 g/mol. The molecule has 0 amide bonds. The summed E-state index contributed by atoms with van der Waals surface area (Å²) in [4.78, 5) is 0. The Labute approximate surface area is 113 Å². The summed E-state index contributed by atoms with van der Waals surface area (Å²) < 4.78 is 5.83. The van der Waals surface area contributed by atoms with Crippen LogP contribution in [-0.4, -0.2) is 23.8 Å². The van der Waals surface area contributed by atoms with Gasteiger partial charge in [0.2, 0.25) is 0 Å². The highest BCUT2D eigenvalue weighted by Gasteiger charge is 2.28. The van der Waals surface area contributed by atoms with E-state index in [1.54, 1.807) is 0 Å². The Hall–Kier alpha value is -0.590. The molecule has 0 aromatic rings. The number of hydrogen-bond acceptors (Lipinski definition) is 3.